The van der Waals surface area contributed by atoms with Gasteiger partial charge in [0.05, 0.1) is 12.3 Å². The molecule has 0 bridgehead atoms. The summed E-state index contributed by atoms with van der Waals surface area (Å²) in [6, 6.07) is 26.6. The molecule has 1 aliphatic rings. The van der Waals surface area contributed by atoms with Crippen molar-refractivity contribution >= 4 is 23.4 Å². The van der Waals surface area contributed by atoms with Crippen molar-refractivity contribution in [3.63, 3.8) is 0 Å². The number of rotatable bonds is 8. The lowest BCUT2D eigenvalue weighted by Gasteiger charge is -2.31. The molecule has 0 radical (unpaired) electrons. The second-order valence-corrected chi connectivity index (χ2v) is 9.15. The minimum absolute atomic E-state index is 0.0517. The average molecular weight is 447 g/mol. The van der Waals surface area contributed by atoms with Crippen LogP contribution in [0.25, 0.3) is 0 Å². The molecular formula is C27H30N2O2S. The zero-order chi connectivity index (χ0) is 22.2. The molecule has 4 nitrogen and oxygen atoms in total. The highest BCUT2D eigenvalue weighted by Crippen LogP contribution is 2.34. The van der Waals surface area contributed by atoms with Gasteiger partial charge in [-0.15, -0.1) is 0 Å². The van der Waals surface area contributed by atoms with Crippen LogP contribution in [0.1, 0.15) is 25.3 Å². The van der Waals surface area contributed by atoms with Gasteiger partial charge in [0.25, 0.3) is 0 Å². The fourth-order valence-electron chi connectivity index (χ4n) is 4.02. The van der Waals surface area contributed by atoms with Gasteiger partial charge in [0.2, 0.25) is 5.91 Å². The maximum absolute atomic E-state index is 13.0. The summed E-state index contributed by atoms with van der Waals surface area (Å²) in [6.07, 6.45) is 1.76. The van der Waals surface area contributed by atoms with Gasteiger partial charge in [-0.3, -0.25) is 9.69 Å². The van der Waals surface area contributed by atoms with Gasteiger partial charge >= 0.3 is 0 Å². The number of carbonyl (C=O) groups is 1. The number of likely N-dealkylation sites (tertiary alicyclic amines) is 1. The van der Waals surface area contributed by atoms with Crippen molar-refractivity contribution in [2.45, 2.75) is 36.1 Å². The lowest BCUT2D eigenvalue weighted by atomic mass is 9.95. The van der Waals surface area contributed by atoms with E-state index in [1.165, 1.54) is 5.56 Å². The minimum Gasteiger partial charge on any atom is -0.494 e. The number of carbonyl (C=O) groups excluding carboxylic acids is 1. The molecule has 1 saturated heterocycles. The Morgan fingerprint density at radius 1 is 1.00 bits per heavy atom. The van der Waals surface area contributed by atoms with Crippen LogP contribution in [-0.2, 0) is 11.3 Å². The minimum atomic E-state index is 0.0517. The topological polar surface area (TPSA) is 41.6 Å². The van der Waals surface area contributed by atoms with Gasteiger partial charge in [-0.25, -0.2) is 0 Å². The first-order chi connectivity index (χ1) is 15.7. The summed E-state index contributed by atoms with van der Waals surface area (Å²) in [5, 5.41) is 3.19. The number of hydrogen-bond donors (Lipinski definition) is 1. The predicted octanol–water partition coefficient (Wildman–Crippen LogP) is 6.09. The van der Waals surface area contributed by atoms with Crippen LogP contribution in [0.2, 0.25) is 0 Å². The summed E-state index contributed by atoms with van der Waals surface area (Å²) in [5.41, 5.74) is 2.15. The van der Waals surface area contributed by atoms with Gasteiger partial charge in [0.15, 0.2) is 0 Å². The summed E-state index contributed by atoms with van der Waals surface area (Å²) in [6.45, 7) is 5.43. The fourth-order valence-corrected chi connectivity index (χ4v) is 4.94. The Bertz CT molecular complexity index is 1020. The van der Waals surface area contributed by atoms with E-state index in [9.17, 15) is 4.79 Å². The molecule has 0 atom stereocenters. The molecule has 0 aromatic heterocycles. The fraction of sp³-hybridized carbons (Fsp3) is 0.296. The van der Waals surface area contributed by atoms with Crippen molar-refractivity contribution in [2.75, 3.05) is 25.0 Å². The van der Waals surface area contributed by atoms with Crippen molar-refractivity contribution in [1.82, 2.24) is 4.90 Å². The van der Waals surface area contributed by atoms with Crippen LogP contribution in [-0.4, -0.2) is 30.5 Å². The maximum atomic E-state index is 13.0. The second kappa shape index (κ2) is 11.2. The van der Waals surface area contributed by atoms with Gasteiger partial charge in [-0.05, 0) is 74.8 Å². The molecule has 3 aromatic rings. The largest absolute Gasteiger partial charge is 0.494 e. The molecule has 166 valence electrons. The first-order valence-corrected chi connectivity index (χ1v) is 12.1. The molecule has 3 aromatic carbocycles. The molecule has 0 unspecified atom stereocenters. The van der Waals surface area contributed by atoms with Crippen LogP contribution in [0, 0.1) is 5.92 Å². The number of ether oxygens (including phenoxy) is 1. The SMILES string of the molecule is CCOc1cccc(CN2CCC(C(=O)Nc3ccccc3Sc3ccccc3)CC2)c1. The van der Waals surface area contributed by atoms with Crippen LogP contribution in [0.5, 0.6) is 5.75 Å². The molecule has 1 fully saturated rings. The zero-order valence-corrected chi connectivity index (χ0v) is 19.3. The van der Waals surface area contributed by atoms with Crippen molar-refractivity contribution in [1.29, 1.82) is 0 Å². The highest BCUT2D eigenvalue weighted by atomic mass is 32.2. The van der Waals surface area contributed by atoms with Gasteiger partial charge in [-0.1, -0.05) is 54.2 Å². The molecule has 4 rings (SSSR count). The first-order valence-electron chi connectivity index (χ1n) is 11.3. The third-order valence-electron chi connectivity index (χ3n) is 5.69. The number of nitrogens with one attached hydrogen (secondary N) is 1. The average Bonchev–Trinajstić information content (AvgIpc) is 2.82. The normalized spacial score (nSPS) is 14.8. The Morgan fingerprint density at radius 3 is 2.53 bits per heavy atom. The van der Waals surface area contributed by atoms with Gasteiger partial charge in [0, 0.05) is 22.3 Å². The Hall–Kier alpha value is -2.76. The van der Waals surface area contributed by atoms with Gasteiger partial charge < -0.3 is 10.1 Å². The monoisotopic (exact) mass is 446 g/mol. The van der Waals surface area contributed by atoms with E-state index in [2.05, 4.69) is 40.5 Å². The van der Waals surface area contributed by atoms with Gasteiger partial charge in [0.1, 0.15) is 5.75 Å². The smallest absolute Gasteiger partial charge is 0.227 e. The van der Waals surface area contributed by atoms with Crippen LogP contribution >= 0.6 is 11.8 Å². The first kappa shape index (κ1) is 22.4. The van der Waals surface area contributed by atoms with Crippen molar-refractivity contribution in [3.8, 4) is 5.75 Å². The third kappa shape index (κ3) is 6.15. The van der Waals surface area contributed by atoms with Crippen LogP contribution in [0.15, 0.2) is 88.7 Å². The molecule has 1 amide bonds. The number of piperidine rings is 1. The molecule has 1 N–H and O–H groups in total. The Labute approximate surface area is 195 Å². The number of anilines is 1. The standard InChI is InChI=1S/C27H30N2O2S/c1-2-31-23-10-8-9-21(19-23)20-29-17-15-22(16-18-29)27(30)28-25-13-6-7-14-26(25)32-24-11-4-3-5-12-24/h3-14,19,22H,2,15-18,20H2,1H3,(H,28,30). The summed E-state index contributed by atoms with van der Waals surface area (Å²) in [5.74, 6) is 1.10. The molecule has 0 aliphatic carbocycles. The maximum Gasteiger partial charge on any atom is 0.227 e. The summed E-state index contributed by atoms with van der Waals surface area (Å²) < 4.78 is 5.61. The second-order valence-electron chi connectivity index (χ2n) is 8.03. The van der Waals surface area contributed by atoms with Crippen molar-refractivity contribution < 1.29 is 9.53 Å². The van der Waals surface area contributed by atoms with Crippen LogP contribution < -0.4 is 10.1 Å². The van der Waals surface area contributed by atoms with E-state index in [0.717, 1.165) is 53.7 Å². The van der Waals surface area contributed by atoms with E-state index in [4.69, 9.17) is 4.74 Å². The van der Waals surface area contributed by atoms with Crippen LogP contribution in [0.3, 0.4) is 0 Å². The number of hydrogen-bond acceptors (Lipinski definition) is 4. The lowest BCUT2D eigenvalue weighted by Crippen LogP contribution is -2.37. The molecule has 0 spiro atoms. The van der Waals surface area contributed by atoms with Crippen molar-refractivity contribution in [2.24, 2.45) is 5.92 Å². The molecule has 1 aliphatic heterocycles. The number of benzene rings is 3. The lowest BCUT2D eigenvalue weighted by molar-refractivity contribution is -0.121. The molecular weight excluding hydrogens is 416 g/mol. The van der Waals surface area contributed by atoms with E-state index >= 15 is 0 Å². The zero-order valence-electron chi connectivity index (χ0n) is 18.5. The van der Waals surface area contributed by atoms with E-state index in [0.29, 0.717) is 6.61 Å². The van der Waals surface area contributed by atoms with Gasteiger partial charge in [-0.2, -0.15) is 0 Å². The highest BCUT2D eigenvalue weighted by Gasteiger charge is 2.25. The predicted molar refractivity (Wildman–Crippen MR) is 131 cm³/mol. The highest BCUT2D eigenvalue weighted by molar-refractivity contribution is 7.99. The third-order valence-corrected chi connectivity index (χ3v) is 6.77. The van der Waals surface area contributed by atoms with Crippen LogP contribution in [0.4, 0.5) is 5.69 Å². The summed E-state index contributed by atoms with van der Waals surface area (Å²) >= 11 is 1.68. The summed E-state index contributed by atoms with van der Waals surface area (Å²) in [7, 11) is 0. The number of nitrogens with zero attached hydrogens (tertiary/aromatic N) is 1. The Morgan fingerprint density at radius 2 is 1.75 bits per heavy atom. The van der Waals surface area contributed by atoms with E-state index in [1.807, 2.05) is 55.5 Å². The molecule has 0 saturated carbocycles. The van der Waals surface area contributed by atoms with Crippen molar-refractivity contribution in [3.05, 3.63) is 84.4 Å². The number of amides is 1. The summed E-state index contributed by atoms with van der Waals surface area (Å²) in [4.78, 5) is 17.7. The molecule has 32 heavy (non-hydrogen) atoms. The van der Waals surface area contributed by atoms with E-state index < -0.39 is 0 Å². The quantitative estimate of drug-likeness (QED) is 0.455. The molecule has 1 heterocycles. The Balaban J connectivity index is 1.31. The van der Waals surface area contributed by atoms with E-state index in [-0.39, 0.29) is 11.8 Å². The Kier molecular flexibility index (Phi) is 7.86. The number of para-hydroxylation sites is 1. The molecule has 5 heteroatoms. The van der Waals surface area contributed by atoms with E-state index in [1.54, 1.807) is 11.8 Å².